The molecule has 0 heterocycles. The zero-order valence-corrected chi connectivity index (χ0v) is 9.84. The molecule has 0 spiro atoms. The molecule has 17 heteroatoms. The maximum atomic E-state index is 8.49. The van der Waals surface area contributed by atoms with Gasteiger partial charge in [-0.1, -0.05) is 0 Å². The van der Waals surface area contributed by atoms with Crippen LogP contribution >= 0.6 is 0 Å². The molecular weight excluding hydrogens is 354 g/mol. The summed E-state index contributed by atoms with van der Waals surface area (Å²) in [5.74, 6) is 0. The van der Waals surface area contributed by atoms with Crippen molar-refractivity contribution in [2.24, 2.45) is 0 Å². The minimum atomic E-state index is -4.94. The predicted molar refractivity (Wildman–Crippen MR) is 21.7 cm³/mol. The van der Waals surface area contributed by atoms with Crippen molar-refractivity contribution in [2.45, 2.75) is 0 Å². The molecule has 0 bridgehead atoms. The molecule has 122 valence electrons. The van der Waals surface area contributed by atoms with Crippen LogP contribution in [-0.2, 0) is 16.5 Å². The molecule has 0 fully saturated rings. The maximum Gasteiger partial charge on any atom is 0 e. The van der Waals surface area contributed by atoms with E-state index >= 15 is 0 Å². The Kier molecular flexibility index (Phi) is 98.4. The molecule has 0 rings (SSSR count). The summed E-state index contributed by atoms with van der Waals surface area (Å²) < 4.78 is 67.9. The fraction of sp³-hybridized carbons (Fsp3) is 0. The van der Waals surface area contributed by atoms with Gasteiger partial charge in [0, 0.05) is 16.5 Å². The molecule has 0 aromatic carbocycles. The number of hydrogen-bond acceptors (Lipinski definition) is 8. The Morgan fingerprint density at radius 3 is 0.353 bits per heavy atom. The van der Waals surface area contributed by atoms with Crippen molar-refractivity contribution in [3.63, 3.8) is 0 Å². The average Bonchev–Trinajstić information content (AvgIpc) is 1.12. The van der Waals surface area contributed by atoms with Crippen molar-refractivity contribution >= 4 is 0 Å². The Hall–Kier alpha value is 0.514. The Bertz CT molecular complexity index is 57.2. The third kappa shape index (κ3) is 13200. The Balaban J connectivity index is -0.00000000762. The Morgan fingerprint density at radius 1 is 0.353 bits per heavy atom. The summed E-state index contributed by atoms with van der Waals surface area (Å²) in [6.07, 6.45) is 0. The second kappa shape index (κ2) is 25.4. The molecule has 17 heavy (non-hydrogen) atoms. The van der Waals surface area contributed by atoms with E-state index in [1.807, 2.05) is 0 Å². The standard InChI is InChI=1S/2ClHO4.Ni.6H2O/c2*2-1(3,4)5;;;;;;;/h2*(H,2,3,4,5);;6*1H2/p-2. The fourth-order valence-electron chi connectivity index (χ4n) is 0. The van der Waals surface area contributed by atoms with E-state index in [-0.39, 0.29) is 49.3 Å². The van der Waals surface area contributed by atoms with Gasteiger partial charge in [-0.2, -0.15) is 0 Å². The van der Waals surface area contributed by atoms with Crippen LogP contribution in [0.3, 0.4) is 0 Å². The molecule has 0 aliphatic carbocycles. The largest absolute Gasteiger partial charge is 0.412 e. The summed E-state index contributed by atoms with van der Waals surface area (Å²) in [6, 6.07) is 0. The fourth-order valence-corrected chi connectivity index (χ4v) is 0. The average molecular weight is 366 g/mol. The van der Waals surface area contributed by atoms with Gasteiger partial charge in [0.15, 0.2) is 0 Å². The van der Waals surface area contributed by atoms with Gasteiger partial charge in [-0.05, 0) is 0 Å². The van der Waals surface area contributed by atoms with E-state index in [0.29, 0.717) is 0 Å². The van der Waals surface area contributed by atoms with Gasteiger partial charge in [0.25, 0.3) is 0 Å². The van der Waals surface area contributed by atoms with Crippen LogP contribution < -0.4 is 37.3 Å². The van der Waals surface area contributed by atoms with E-state index in [2.05, 4.69) is 0 Å². The van der Waals surface area contributed by atoms with Crippen LogP contribution in [0.15, 0.2) is 0 Å². The van der Waals surface area contributed by atoms with E-state index in [0.717, 1.165) is 0 Å². The summed E-state index contributed by atoms with van der Waals surface area (Å²) in [6.45, 7) is 0. The van der Waals surface area contributed by atoms with Crippen LogP contribution in [0.1, 0.15) is 0 Å². The first kappa shape index (κ1) is 65.9. The minimum absolute atomic E-state index is 0. The van der Waals surface area contributed by atoms with Crippen molar-refractivity contribution in [1.29, 1.82) is 0 Å². The van der Waals surface area contributed by atoms with Crippen LogP contribution in [0.5, 0.6) is 0 Å². The van der Waals surface area contributed by atoms with E-state index in [1.54, 1.807) is 0 Å². The number of rotatable bonds is 0. The SMILES string of the molecule is O.O.O.O.O.O.[Ni].[O-][Cl+3]([O-])([O-])[O-].[O-][Cl+3]([O-])([O-])[O-]. The molecule has 12 N–H and O–H groups in total. The third-order valence-corrected chi connectivity index (χ3v) is 0. The normalized spacial score (nSPS) is 7.06. The summed E-state index contributed by atoms with van der Waals surface area (Å²) in [4.78, 5) is 0. The van der Waals surface area contributed by atoms with E-state index in [1.165, 1.54) is 0 Å². The van der Waals surface area contributed by atoms with Crippen LogP contribution in [0.2, 0.25) is 0 Å². The summed E-state index contributed by atoms with van der Waals surface area (Å²) >= 11 is 0. The second-order valence-corrected chi connectivity index (χ2v) is 2.27. The third-order valence-electron chi connectivity index (χ3n) is 0. The zero-order chi connectivity index (χ0) is 9.00. The topological polar surface area (TPSA) is 373 Å². The zero-order valence-electron chi connectivity index (χ0n) is 7.34. The van der Waals surface area contributed by atoms with Crippen molar-refractivity contribution in [1.82, 2.24) is 0 Å². The van der Waals surface area contributed by atoms with Crippen LogP contribution in [0, 0.1) is 20.5 Å². The van der Waals surface area contributed by atoms with Gasteiger partial charge in [0.1, 0.15) is 0 Å². The molecule has 0 aliphatic rings. The maximum absolute atomic E-state index is 8.49. The van der Waals surface area contributed by atoms with E-state index < -0.39 is 20.5 Å². The van der Waals surface area contributed by atoms with Gasteiger partial charge < -0.3 is 32.9 Å². The second-order valence-electron chi connectivity index (χ2n) is 0.756. The Labute approximate surface area is 108 Å². The van der Waals surface area contributed by atoms with Crippen molar-refractivity contribution in [2.75, 3.05) is 0 Å². The first-order valence-electron chi connectivity index (χ1n) is 1.23. The molecule has 0 unspecified atom stereocenters. The molecule has 0 atom stereocenters. The van der Waals surface area contributed by atoms with Gasteiger partial charge in [-0.3, -0.25) is 0 Å². The molecule has 0 saturated carbocycles. The summed E-state index contributed by atoms with van der Waals surface area (Å²) in [5.41, 5.74) is 0. The summed E-state index contributed by atoms with van der Waals surface area (Å²) in [7, 11) is -9.89. The van der Waals surface area contributed by atoms with Crippen molar-refractivity contribution in [3.05, 3.63) is 0 Å². The number of halogens is 2. The number of hydrogen-bond donors (Lipinski definition) is 0. The van der Waals surface area contributed by atoms with Gasteiger partial charge >= 0.3 is 0 Å². The summed E-state index contributed by atoms with van der Waals surface area (Å²) in [5, 5.41) is 0. The smallest absolute Gasteiger partial charge is 0 e. The van der Waals surface area contributed by atoms with Crippen LogP contribution in [-0.4, -0.2) is 32.9 Å². The van der Waals surface area contributed by atoms with Crippen LogP contribution in [0.25, 0.3) is 0 Å². The molecule has 0 aliphatic heterocycles. The van der Waals surface area contributed by atoms with Crippen molar-refractivity contribution < 1.29 is 107 Å². The first-order chi connectivity index (χ1) is 4.00. The van der Waals surface area contributed by atoms with E-state index in [9.17, 15) is 0 Å². The van der Waals surface area contributed by atoms with E-state index in [4.69, 9.17) is 37.3 Å². The minimum Gasteiger partial charge on any atom is -0.412 e. The quantitative estimate of drug-likeness (QED) is 0.369. The molecule has 0 radical (unpaired) electrons. The molecule has 0 aromatic rings. The van der Waals surface area contributed by atoms with Gasteiger partial charge in [0.05, 0.1) is 0 Å². The molecule has 0 amide bonds. The molecule has 14 nitrogen and oxygen atoms in total. The van der Waals surface area contributed by atoms with Gasteiger partial charge in [-0.15, -0.1) is 20.5 Å². The van der Waals surface area contributed by atoms with Gasteiger partial charge in [-0.25, -0.2) is 37.3 Å². The monoisotopic (exact) mass is 364 g/mol. The molecular formula is H12Cl2NiO14-2. The molecule has 0 aromatic heterocycles. The van der Waals surface area contributed by atoms with Gasteiger partial charge in [0.2, 0.25) is 0 Å². The Morgan fingerprint density at radius 2 is 0.353 bits per heavy atom. The molecule has 0 saturated heterocycles. The van der Waals surface area contributed by atoms with Crippen molar-refractivity contribution in [3.8, 4) is 0 Å². The first-order valence-corrected chi connectivity index (χ1v) is 3.70. The predicted octanol–water partition coefficient (Wildman–Crippen LogP) is -14.5. The van der Waals surface area contributed by atoms with Crippen LogP contribution in [0.4, 0.5) is 0 Å².